The maximum Gasteiger partial charge on any atom is 0.404 e. The summed E-state index contributed by atoms with van der Waals surface area (Å²) in [5, 5.41) is 10.4. The Labute approximate surface area is 202 Å². The highest BCUT2D eigenvalue weighted by molar-refractivity contribution is 7.89. The van der Waals surface area contributed by atoms with Gasteiger partial charge < -0.3 is 0 Å². The van der Waals surface area contributed by atoms with Gasteiger partial charge in [0.25, 0.3) is 0 Å². The normalized spacial score (nSPS) is 13.0. The number of hydrogen-bond donors (Lipinski definition) is 1. The van der Waals surface area contributed by atoms with Crippen LogP contribution in [0.25, 0.3) is 28.4 Å². The van der Waals surface area contributed by atoms with Crippen molar-refractivity contribution < 1.29 is 26.0 Å². The molecule has 4 aromatic heterocycles. The molecule has 0 aromatic carbocycles. The van der Waals surface area contributed by atoms with Gasteiger partial charge in [0.15, 0.2) is 5.82 Å². The zero-order valence-corrected chi connectivity index (χ0v) is 19.6. The van der Waals surface area contributed by atoms with Crippen LogP contribution in [0.3, 0.4) is 0 Å². The highest BCUT2D eigenvalue weighted by Crippen LogP contribution is 2.34. The molecule has 0 saturated carbocycles. The second kappa shape index (κ2) is 9.25. The maximum absolute atomic E-state index is 13.5. The minimum absolute atomic E-state index is 0.0196. The number of nitrogens with one attached hydrogen (secondary N) is 1. The number of fused-ring (bicyclic) bond motifs is 1. The lowest BCUT2D eigenvalue weighted by molar-refractivity contribution is -0.147. The Balaban J connectivity index is 1.89. The summed E-state index contributed by atoms with van der Waals surface area (Å²) in [5.74, 6) is -0.708. The molecule has 9 nitrogen and oxygen atoms in total. The van der Waals surface area contributed by atoms with E-state index in [4.69, 9.17) is 0 Å². The van der Waals surface area contributed by atoms with Crippen LogP contribution in [0.2, 0.25) is 0 Å². The second-order valence-corrected chi connectivity index (χ2v) is 9.42. The topological polar surface area (TPSA) is 126 Å². The van der Waals surface area contributed by atoms with Gasteiger partial charge in [0.1, 0.15) is 22.7 Å². The van der Waals surface area contributed by atoms with Gasteiger partial charge >= 0.3 is 6.18 Å². The molecule has 1 N–H and O–H groups in total. The van der Waals surface area contributed by atoms with E-state index in [1.54, 1.807) is 17.0 Å². The summed E-state index contributed by atoms with van der Waals surface area (Å²) in [6, 6.07) is 3.83. The quantitative estimate of drug-likeness (QED) is 0.385. The van der Waals surface area contributed by atoms with Crippen LogP contribution in [-0.4, -0.2) is 45.1 Å². The average Bonchev–Trinajstić information content (AvgIpc) is 3.17. The first-order chi connectivity index (χ1) is 17.0. The van der Waals surface area contributed by atoms with Crippen molar-refractivity contribution in [2.45, 2.75) is 37.4 Å². The molecule has 4 aromatic rings. The molecule has 0 aliphatic heterocycles. The van der Waals surface area contributed by atoms with Crippen LogP contribution >= 0.6 is 0 Å². The second-order valence-electron chi connectivity index (χ2n) is 7.70. The fraction of sp³-hybridized carbons (Fsp3) is 0.227. The molecule has 36 heavy (non-hydrogen) atoms. The number of alkyl halides is 3. The smallest absolute Gasteiger partial charge is 0.259 e. The Bertz CT molecular complexity index is 1580. The molecule has 1 atom stereocenters. The van der Waals surface area contributed by atoms with Crippen LogP contribution in [0.1, 0.15) is 25.0 Å². The number of nitriles is 1. The van der Waals surface area contributed by atoms with E-state index in [1.807, 2.05) is 6.92 Å². The third-order valence-corrected chi connectivity index (χ3v) is 6.83. The molecule has 4 rings (SSSR count). The van der Waals surface area contributed by atoms with E-state index in [0.29, 0.717) is 18.7 Å². The van der Waals surface area contributed by atoms with Crippen LogP contribution in [0.15, 0.2) is 47.9 Å². The molecule has 4 heterocycles. The average molecular weight is 519 g/mol. The molecule has 0 radical (unpaired) electrons. The Morgan fingerprint density at radius 3 is 2.36 bits per heavy atom. The highest BCUT2D eigenvalue weighted by Gasteiger charge is 2.39. The third-order valence-electron chi connectivity index (χ3n) is 5.30. The number of hydrogen-bond acceptors (Lipinski definition) is 7. The Morgan fingerprint density at radius 2 is 1.81 bits per heavy atom. The maximum atomic E-state index is 13.5. The summed E-state index contributed by atoms with van der Waals surface area (Å²) in [6.45, 7) is 2.58. The van der Waals surface area contributed by atoms with Crippen molar-refractivity contribution in [3.8, 4) is 23.4 Å². The van der Waals surface area contributed by atoms with Crippen LogP contribution in [-0.2, 0) is 16.4 Å². The van der Waals surface area contributed by atoms with Gasteiger partial charge in [-0.25, -0.2) is 27.8 Å². The number of nitrogens with zero attached hydrogens (tertiary/aromatic N) is 6. The molecule has 14 heteroatoms. The SMILES string of the molecule is CCc1cnc2c(c1)c(C#N)c(-c1ccc(S(=O)(=O)NC(C)C(F)(F)F)cn1)n2-c1ncc(F)cn1. The van der Waals surface area contributed by atoms with Crippen LogP contribution in [0, 0.1) is 17.1 Å². The number of pyridine rings is 2. The van der Waals surface area contributed by atoms with Crippen LogP contribution < -0.4 is 4.72 Å². The van der Waals surface area contributed by atoms with Crippen molar-refractivity contribution in [1.29, 1.82) is 5.26 Å². The summed E-state index contributed by atoms with van der Waals surface area (Å²) < 4.78 is 79.8. The molecule has 0 amide bonds. The monoisotopic (exact) mass is 519 g/mol. The van der Waals surface area contributed by atoms with Crippen LogP contribution in [0.5, 0.6) is 0 Å². The summed E-state index contributed by atoms with van der Waals surface area (Å²) >= 11 is 0. The molecule has 0 saturated heterocycles. The number of sulfonamides is 1. The van der Waals surface area contributed by atoms with E-state index >= 15 is 0 Å². The van der Waals surface area contributed by atoms with Crippen molar-refractivity contribution in [3.63, 3.8) is 0 Å². The van der Waals surface area contributed by atoms with Crippen molar-refractivity contribution in [3.05, 3.63) is 59.9 Å². The molecule has 0 fully saturated rings. The lowest BCUT2D eigenvalue weighted by Gasteiger charge is -2.17. The summed E-state index contributed by atoms with van der Waals surface area (Å²) in [6.07, 6.45) is 0.199. The fourth-order valence-electron chi connectivity index (χ4n) is 3.42. The number of aromatic nitrogens is 5. The number of aryl methyl sites for hydroxylation is 1. The molecular weight excluding hydrogens is 502 g/mol. The van der Waals surface area contributed by atoms with Gasteiger partial charge in [-0.2, -0.15) is 23.2 Å². The van der Waals surface area contributed by atoms with Crippen LogP contribution in [0.4, 0.5) is 17.6 Å². The molecule has 0 aliphatic carbocycles. The first-order valence-corrected chi connectivity index (χ1v) is 11.9. The minimum Gasteiger partial charge on any atom is -0.259 e. The van der Waals surface area contributed by atoms with Gasteiger partial charge in [0.2, 0.25) is 16.0 Å². The third kappa shape index (κ3) is 4.62. The van der Waals surface area contributed by atoms with E-state index in [2.05, 4.69) is 26.0 Å². The number of halogens is 4. The highest BCUT2D eigenvalue weighted by atomic mass is 32.2. The molecule has 1 unspecified atom stereocenters. The predicted octanol–water partition coefficient (Wildman–Crippen LogP) is 3.68. The zero-order valence-electron chi connectivity index (χ0n) is 18.7. The fourth-order valence-corrected chi connectivity index (χ4v) is 4.59. The lowest BCUT2D eigenvalue weighted by atomic mass is 10.1. The number of rotatable bonds is 6. The van der Waals surface area contributed by atoms with E-state index in [-0.39, 0.29) is 28.5 Å². The van der Waals surface area contributed by atoms with E-state index < -0.39 is 33.0 Å². The van der Waals surface area contributed by atoms with Crippen molar-refractivity contribution >= 4 is 21.1 Å². The molecule has 0 bridgehead atoms. The van der Waals surface area contributed by atoms with Gasteiger partial charge in [-0.05, 0) is 37.1 Å². The van der Waals surface area contributed by atoms with E-state index in [1.165, 1.54) is 10.6 Å². The van der Waals surface area contributed by atoms with Gasteiger partial charge in [-0.1, -0.05) is 6.92 Å². The summed E-state index contributed by atoms with van der Waals surface area (Å²) in [4.78, 5) is 16.0. The Hall–Kier alpha value is -3.96. The van der Waals surface area contributed by atoms with Gasteiger partial charge in [0.05, 0.1) is 29.3 Å². The molecular formula is C22H17F4N7O2S. The van der Waals surface area contributed by atoms with Crippen molar-refractivity contribution in [2.75, 3.05) is 0 Å². The van der Waals surface area contributed by atoms with Gasteiger partial charge in [0, 0.05) is 17.8 Å². The largest absolute Gasteiger partial charge is 0.404 e. The standard InChI is InChI=1S/C22H17F4N7O2S/c1-3-13-6-16-17(7-27)19(33(20(16)29-8-13)21-30-9-14(23)10-31-21)18-5-4-15(11-28-18)36(34,35)32-12(2)22(24,25)26/h4-6,8-12,32H,3H2,1-2H3. The van der Waals surface area contributed by atoms with Crippen molar-refractivity contribution in [2.24, 2.45) is 0 Å². The summed E-state index contributed by atoms with van der Waals surface area (Å²) in [5.41, 5.74) is 1.50. The van der Waals surface area contributed by atoms with E-state index in [9.17, 15) is 31.2 Å². The van der Waals surface area contributed by atoms with Crippen molar-refractivity contribution in [1.82, 2.24) is 29.2 Å². The molecule has 0 aliphatic rings. The minimum atomic E-state index is -4.78. The molecule has 186 valence electrons. The Morgan fingerprint density at radius 1 is 1.11 bits per heavy atom. The first kappa shape index (κ1) is 25.1. The van der Waals surface area contributed by atoms with Gasteiger partial charge in [-0.15, -0.1) is 0 Å². The van der Waals surface area contributed by atoms with E-state index in [0.717, 1.165) is 30.2 Å². The molecule has 0 spiro atoms. The van der Waals surface area contributed by atoms with Gasteiger partial charge in [-0.3, -0.25) is 9.55 Å². The lowest BCUT2D eigenvalue weighted by Crippen LogP contribution is -2.42. The first-order valence-electron chi connectivity index (χ1n) is 10.4. The summed E-state index contributed by atoms with van der Waals surface area (Å²) in [7, 11) is -4.54. The Kier molecular flexibility index (Phi) is 6.46. The zero-order chi connectivity index (χ0) is 26.3. The predicted molar refractivity (Wildman–Crippen MR) is 120 cm³/mol.